The first-order valence-electron chi connectivity index (χ1n) is 7.46. The van der Waals surface area contributed by atoms with Gasteiger partial charge in [0.25, 0.3) is 0 Å². The predicted molar refractivity (Wildman–Crippen MR) is 92.0 cm³/mol. The lowest BCUT2D eigenvalue weighted by Gasteiger charge is -2.12. The Morgan fingerprint density at radius 2 is 1.92 bits per heavy atom. The van der Waals surface area contributed by atoms with E-state index >= 15 is 0 Å². The van der Waals surface area contributed by atoms with E-state index in [0.29, 0.717) is 28.0 Å². The summed E-state index contributed by atoms with van der Waals surface area (Å²) < 4.78 is 3.03. The van der Waals surface area contributed by atoms with Gasteiger partial charge < -0.3 is 9.55 Å². The third-order valence-electron chi connectivity index (χ3n) is 3.92. The van der Waals surface area contributed by atoms with Crippen LogP contribution in [0.4, 0.5) is 0 Å². The Balaban J connectivity index is 2.16. The molecular formula is C18H11N5O2. The highest BCUT2D eigenvalue weighted by Gasteiger charge is 2.14. The summed E-state index contributed by atoms with van der Waals surface area (Å²) in [6.07, 6.45) is 4.87. The maximum atomic E-state index is 12.5. The van der Waals surface area contributed by atoms with Crippen molar-refractivity contribution < 1.29 is 0 Å². The Morgan fingerprint density at radius 3 is 2.60 bits per heavy atom. The van der Waals surface area contributed by atoms with Crippen LogP contribution in [0.25, 0.3) is 22.4 Å². The Labute approximate surface area is 141 Å². The van der Waals surface area contributed by atoms with Gasteiger partial charge in [-0.2, -0.15) is 5.26 Å². The lowest BCUT2D eigenvalue weighted by molar-refractivity contribution is 0.979. The van der Waals surface area contributed by atoms with E-state index < -0.39 is 11.1 Å². The zero-order valence-corrected chi connectivity index (χ0v) is 12.9. The number of rotatable bonds is 2. The highest BCUT2D eigenvalue weighted by atomic mass is 16.2. The molecule has 2 aromatic carbocycles. The molecule has 2 heterocycles. The Kier molecular flexibility index (Phi) is 3.29. The number of H-pyrrole nitrogens is 1. The molecule has 0 bridgehead atoms. The maximum Gasteiger partial charge on any atom is 0.321 e. The van der Waals surface area contributed by atoms with Crippen LogP contribution >= 0.6 is 0 Å². The number of imidazole rings is 1. The molecule has 1 N–H and O–H groups in total. The fourth-order valence-corrected chi connectivity index (χ4v) is 2.79. The first kappa shape index (κ1) is 14.7. The van der Waals surface area contributed by atoms with Gasteiger partial charge in [0, 0.05) is 18.1 Å². The molecule has 2 aromatic heterocycles. The summed E-state index contributed by atoms with van der Waals surface area (Å²) >= 11 is 0. The van der Waals surface area contributed by atoms with Crippen LogP contribution in [-0.4, -0.2) is 19.1 Å². The van der Waals surface area contributed by atoms with Crippen LogP contribution in [-0.2, 0) is 0 Å². The van der Waals surface area contributed by atoms with E-state index in [2.05, 4.69) is 16.0 Å². The molecule has 4 rings (SSSR count). The molecule has 0 fully saturated rings. The van der Waals surface area contributed by atoms with Gasteiger partial charge in [0.1, 0.15) is 6.07 Å². The van der Waals surface area contributed by atoms with E-state index in [1.165, 1.54) is 4.57 Å². The van der Waals surface area contributed by atoms with Crippen LogP contribution in [0.5, 0.6) is 0 Å². The maximum absolute atomic E-state index is 12.5. The van der Waals surface area contributed by atoms with Crippen molar-refractivity contribution in [2.45, 2.75) is 0 Å². The van der Waals surface area contributed by atoms with Crippen LogP contribution in [0.3, 0.4) is 0 Å². The molecule has 7 nitrogen and oxygen atoms in total. The van der Waals surface area contributed by atoms with Gasteiger partial charge in [0.15, 0.2) is 0 Å². The summed E-state index contributed by atoms with van der Waals surface area (Å²) in [4.78, 5) is 31.1. The molecule has 7 heteroatoms. The minimum Gasteiger partial charge on any atom is -0.316 e. The molecule has 0 saturated heterocycles. The molecule has 0 radical (unpaired) electrons. The molecule has 0 aliphatic carbocycles. The number of benzene rings is 2. The monoisotopic (exact) mass is 329 g/mol. The second kappa shape index (κ2) is 5.62. The zero-order chi connectivity index (χ0) is 17.4. The van der Waals surface area contributed by atoms with Crippen LogP contribution in [0.1, 0.15) is 5.56 Å². The van der Waals surface area contributed by atoms with Gasteiger partial charge in [-0.3, -0.25) is 14.2 Å². The minimum atomic E-state index is -0.740. The molecule has 25 heavy (non-hydrogen) atoms. The molecule has 0 aliphatic heterocycles. The topological polar surface area (TPSA) is 96.5 Å². The van der Waals surface area contributed by atoms with Crippen LogP contribution in [0.2, 0.25) is 0 Å². The predicted octanol–water partition coefficient (Wildman–Crippen LogP) is 1.74. The van der Waals surface area contributed by atoms with Gasteiger partial charge in [0.2, 0.25) is 0 Å². The van der Waals surface area contributed by atoms with Crippen molar-refractivity contribution in [2.75, 3.05) is 0 Å². The van der Waals surface area contributed by atoms with Crippen molar-refractivity contribution in [3.8, 4) is 17.4 Å². The summed E-state index contributed by atoms with van der Waals surface area (Å²) in [5, 5.41) is 9.44. The van der Waals surface area contributed by atoms with Gasteiger partial charge in [-0.1, -0.05) is 18.2 Å². The smallest absolute Gasteiger partial charge is 0.316 e. The third-order valence-corrected chi connectivity index (χ3v) is 3.92. The average molecular weight is 329 g/mol. The van der Waals surface area contributed by atoms with Crippen molar-refractivity contribution in [1.82, 2.24) is 19.1 Å². The minimum absolute atomic E-state index is 0.361. The number of nitrogens with zero attached hydrogens (tertiary/aromatic N) is 4. The lowest BCUT2D eigenvalue weighted by Crippen LogP contribution is -2.35. The molecule has 0 amide bonds. The van der Waals surface area contributed by atoms with E-state index in [0.717, 1.165) is 0 Å². The molecular weight excluding hydrogens is 318 g/mol. The summed E-state index contributed by atoms with van der Waals surface area (Å²) in [5.41, 5.74) is 0.996. The number of nitriles is 1. The molecule has 0 unspecified atom stereocenters. The van der Waals surface area contributed by atoms with E-state index in [1.54, 1.807) is 59.7 Å². The summed E-state index contributed by atoms with van der Waals surface area (Å²) in [6, 6.07) is 14.3. The Hall–Kier alpha value is -3.92. The molecule has 0 spiro atoms. The lowest BCUT2D eigenvalue weighted by atomic mass is 10.1. The fraction of sp³-hybridized carbons (Fsp3) is 0. The molecule has 4 aromatic rings. The fourth-order valence-electron chi connectivity index (χ4n) is 2.79. The number of para-hydroxylation sites is 1. The van der Waals surface area contributed by atoms with E-state index in [-0.39, 0.29) is 0 Å². The molecule has 0 atom stereocenters. The second-order valence-electron chi connectivity index (χ2n) is 5.40. The van der Waals surface area contributed by atoms with Gasteiger partial charge in [-0.15, -0.1) is 0 Å². The van der Waals surface area contributed by atoms with Crippen molar-refractivity contribution >= 4 is 11.0 Å². The van der Waals surface area contributed by atoms with Crippen LogP contribution in [0.15, 0.2) is 70.8 Å². The largest absolute Gasteiger partial charge is 0.321 e. The second-order valence-corrected chi connectivity index (χ2v) is 5.40. The standard InChI is InChI=1S/C18H11N5O2/c19-10-12-8-14-16(9-15(12)22-7-6-20-11-22)23(18(25)17(24)21-14)13-4-2-1-3-5-13/h1-9,11H,(H,21,24). The highest BCUT2D eigenvalue weighted by molar-refractivity contribution is 5.81. The SMILES string of the molecule is N#Cc1cc2[nH]c(=O)c(=O)n(-c3ccccc3)c2cc1-n1ccnc1. The first-order chi connectivity index (χ1) is 12.2. The Bertz CT molecular complexity index is 1230. The quantitative estimate of drug-likeness (QED) is 0.566. The van der Waals surface area contributed by atoms with Crippen molar-refractivity contribution in [3.63, 3.8) is 0 Å². The van der Waals surface area contributed by atoms with Gasteiger partial charge >= 0.3 is 11.1 Å². The zero-order valence-electron chi connectivity index (χ0n) is 12.9. The average Bonchev–Trinajstić information content (AvgIpc) is 3.17. The highest BCUT2D eigenvalue weighted by Crippen LogP contribution is 2.22. The Morgan fingerprint density at radius 1 is 1.12 bits per heavy atom. The van der Waals surface area contributed by atoms with Crippen LogP contribution < -0.4 is 11.1 Å². The normalized spacial score (nSPS) is 10.7. The van der Waals surface area contributed by atoms with Gasteiger partial charge in [-0.05, 0) is 24.3 Å². The molecule has 120 valence electrons. The summed E-state index contributed by atoms with van der Waals surface area (Å²) in [5.74, 6) is 0. The van der Waals surface area contributed by atoms with E-state index in [4.69, 9.17) is 0 Å². The third kappa shape index (κ3) is 2.33. The van der Waals surface area contributed by atoms with E-state index in [1.807, 2.05) is 6.07 Å². The van der Waals surface area contributed by atoms with Crippen molar-refractivity contribution in [2.24, 2.45) is 0 Å². The number of hydrogen-bond acceptors (Lipinski definition) is 4. The molecule has 0 saturated carbocycles. The summed E-state index contributed by atoms with van der Waals surface area (Å²) in [6.45, 7) is 0. The number of nitrogens with one attached hydrogen (secondary N) is 1. The first-order valence-corrected chi connectivity index (χ1v) is 7.46. The molecule has 0 aliphatic rings. The number of aromatic nitrogens is 4. The number of hydrogen-bond donors (Lipinski definition) is 1. The van der Waals surface area contributed by atoms with Crippen LogP contribution in [0, 0.1) is 11.3 Å². The van der Waals surface area contributed by atoms with Crippen molar-refractivity contribution in [3.05, 3.63) is 87.5 Å². The summed E-state index contributed by atoms with van der Waals surface area (Å²) in [7, 11) is 0. The number of fused-ring (bicyclic) bond motifs is 1. The number of aromatic amines is 1. The van der Waals surface area contributed by atoms with E-state index in [9.17, 15) is 14.9 Å². The van der Waals surface area contributed by atoms with Crippen molar-refractivity contribution in [1.29, 1.82) is 5.26 Å². The van der Waals surface area contributed by atoms with Gasteiger partial charge in [-0.25, -0.2) is 4.98 Å². The van der Waals surface area contributed by atoms with Gasteiger partial charge in [0.05, 0.1) is 28.6 Å².